The Morgan fingerprint density at radius 3 is 3.00 bits per heavy atom. The van der Waals surface area contributed by atoms with E-state index in [1.54, 1.807) is 12.3 Å². The standard InChI is InChI=1S/C7H4ClN3O2/c8-7-10-3-1-2-9-4(3)5(11-7)6(12)13/h1-2,9H,(H,12,13). The predicted molar refractivity (Wildman–Crippen MR) is 45.9 cm³/mol. The third-order valence-corrected chi connectivity index (χ3v) is 1.75. The van der Waals surface area contributed by atoms with Crippen molar-refractivity contribution >= 4 is 28.6 Å². The Morgan fingerprint density at radius 2 is 2.31 bits per heavy atom. The lowest BCUT2D eigenvalue weighted by Crippen LogP contribution is -2.02. The number of aromatic nitrogens is 3. The molecule has 0 aliphatic carbocycles. The zero-order valence-corrected chi connectivity index (χ0v) is 7.04. The molecule has 6 heteroatoms. The topological polar surface area (TPSA) is 78.9 Å². The van der Waals surface area contributed by atoms with Crippen molar-refractivity contribution in [1.29, 1.82) is 0 Å². The van der Waals surface area contributed by atoms with Gasteiger partial charge in [-0.05, 0) is 17.7 Å². The lowest BCUT2D eigenvalue weighted by Gasteiger charge is -1.96. The van der Waals surface area contributed by atoms with E-state index in [1.165, 1.54) is 0 Å². The van der Waals surface area contributed by atoms with E-state index < -0.39 is 5.97 Å². The normalized spacial score (nSPS) is 10.5. The number of carboxylic acid groups (broad SMARTS) is 1. The number of hydrogen-bond acceptors (Lipinski definition) is 3. The van der Waals surface area contributed by atoms with Gasteiger partial charge in [-0.25, -0.2) is 14.8 Å². The van der Waals surface area contributed by atoms with Crippen molar-refractivity contribution in [3.05, 3.63) is 23.2 Å². The number of hydrogen-bond donors (Lipinski definition) is 2. The third-order valence-electron chi connectivity index (χ3n) is 1.58. The molecule has 0 atom stereocenters. The summed E-state index contributed by atoms with van der Waals surface area (Å²) in [5.74, 6) is -1.13. The summed E-state index contributed by atoms with van der Waals surface area (Å²) in [7, 11) is 0. The van der Waals surface area contributed by atoms with Gasteiger partial charge in [0.2, 0.25) is 5.28 Å². The van der Waals surface area contributed by atoms with Gasteiger partial charge in [0.25, 0.3) is 0 Å². The van der Waals surface area contributed by atoms with Gasteiger partial charge in [0, 0.05) is 6.20 Å². The Kier molecular flexibility index (Phi) is 1.66. The monoisotopic (exact) mass is 197 g/mol. The molecule has 0 saturated heterocycles. The summed E-state index contributed by atoms with van der Waals surface area (Å²) >= 11 is 5.53. The first-order chi connectivity index (χ1) is 6.18. The maximum absolute atomic E-state index is 10.7. The van der Waals surface area contributed by atoms with Gasteiger partial charge >= 0.3 is 5.97 Å². The Balaban J connectivity index is 2.84. The number of nitrogens with zero attached hydrogens (tertiary/aromatic N) is 2. The van der Waals surface area contributed by atoms with Gasteiger partial charge < -0.3 is 10.1 Å². The van der Waals surface area contributed by atoms with Crippen LogP contribution in [0, 0.1) is 0 Å². The number of carbonyl (C=O) groups is 1. The second-order valence-electron chi connectivity index (χ2n) is 2.38. The van der Waals surface area contributed by atoms with Gasteiger partial charge in [-0.15, -0.1) is 0 Å². The molecule has 0 fully saturated rings. The maximum atomic E-state index is 10.7. The fourth-order valence-corrected chi connectivity index (χ4v) is 1.25. The smallest absolute Gasteiger partial charge is 0.356 e. The Hall–Kier alpha value is -1.62. The molecule has 2 N–H and O–H groups in total. The molecule has 0 aliphatic rings. The highest BCUT2D eigenvalue weighted by Gasteiger charge is 2.13. The first kappa shape index (κ1) is 8.00. The van der Waals surface area contributed by atoms with E-state index in [4.69, 9.17) is 16.7 Å². The molecule has 0 radical (unpaired) electrons. The fourth-order valence-electron chi connectivity index (χ4n) is 1.07. The highest BCUT2D eigenvalue weighted by Crippen LogP contribution is 2.15. The molecule has 13 heavy (non-hydrogen) atoms. The van der Waals surface area contributed by atoms with Crippen LogP contribution in [0.4, 0.5) is 0 Å². The second kappa shape index (κ2) is 2.70. The van der Waals surface area contributed by atoms with Crippen LogP contribution in [0.15, 0.2) is 12.3 Å². The van der Waals surface area contributed by atoms with Crippen molar-refractivity contribution < 1.29 is 9.90 Å². The van der Waals surface area contributed by atoms with Crippen LogP contribution in [-0.2, 0) is 0 Å². The van der Waals surface area contributed by atoms with E-state index in [-0.39, 0.29) is 11.0 Å². The molecule has 5 nitrogen and oxygen atoms in total. The highest BCUT2D eigenvalue weighted by atomic mass is 35.5. The molecule has 2 aromatic heterocycles. The number of nitrogens with one attached hydrogen (secondary N) is 1. The molecular weight excluding hydrogens is 194 g/mol. The average molecular weight is 198 g/mol. The molecule has 0 bridgehead atoms. The fraction of sp³-hybridized carbons (Fsp3) is 0. The molecule has 0 aromatic carbocycles. The first-order valence-electron chi connectivity index (χ1n) is 3.42. The largest absolute Gasteiger partial charge is 0.476 e. The number of aromatic carboxylic acids is 1. The molecule has 0 unspecified atom stereocenters. The summed E-state index contributed by atoms with van der Waals surface area (Å²) < 4.78 is 0. The minimum absolute atomic E-state index is 0.0653. The van der Waals surface area contributed by atoms with Gasteiger partial charge in [-0.2, -0.15) is 0 Å². The van der Waals surface area contributed by atoms with Crippen LogP contribution >= 0.6 is 11.6 Å². The van der Waals surface area contributed by atoms with Crippen LogP contribution in [0.2, 0.25) is 5.28 Å². The zero-order valence-electron chi connectivity index (χ0n) is 6.28. The van der Waals surface area contributed by atoms with Crippen LogP contribution in [0.5, 0.6) is 0 Å². The molecule has 0 spiro atoms. The van der Waals surface area contributed by atoms with E-state index in [2.05, 4.69) is 15.0 Å². The molecule has 2 aromatic rings. The summed E-state index contributed by atoms with van der Waals surface area (Å²) in [5, 5.41) is 8.69. The number of rotatable bonds is 1. The van der Waals surface area contributed by atoms with Gasteiger partial charge in [-0.3, -0.25) is 0 Å². The van der Waals surface area contributed by atoms with Gasteiger partial charge in [0.1, 0.15) is 0 Å². The first-order valence-corrected chi connectivity index (χ1v) is 3.80. The van der Waals surface area contributed by atoms with E-state index in [0.717, 1.165) is 0 Å². The number of H-pyrrole nitrogens is 1. The summed E-state index contributed by atoms with van der Waals surface area (Å²) in [6, 6.07) is 1.63. The van der Waals surface area contributed by atoms with Crippen molar-refractivity contribution in [2.75, 3.05) is 0 Å². The molecule has 0 aliphatic heterocycles. The van der Waals surface area contributed by atoms with Crippen molar-refractivity contribution in [3.8, 4) is 0 Å². The lowest BCUT2D eigenvalue weighted by atomic mass is 10.3. The van der Waals surface area contributed by atoms with Crippen molar-refractivity contribution in [2.45, 2.75) is 0 Å². The van der Waals surface area contributed by atoms with Gasteiger partial charge in [-0.1, -0.05) is 0 Å². The summed E-state index contributed by atoms with van der Waals surface area (Å²) in [6.45, 7) is 0. The van der Waals surface area contributed by atoms with Crippen LogP contribution in [0.1, 0.15) is 10.5 Å². The Labute approximate surface area is 77.4 Å². The van der Waals surface area contributed by atoms with Crippen LogP contribution in [0.25, 0.3) is 11.0 Å². The summed E-state index contributed by atoms with van der Waals surface area (Å²) in [6.07, 6.45) is 1.59. The van der Waals surface area contributed by atoms with Crippen molar-refractivity contribution in [3.63, 3.8) is 0 Å². The molecule has 0 saturated carbocycles. The lowest BCUT2D eigenvalue weighted by molar-refractivity contribution is 0.0692. The van der Waals surface area contributed by atoms with Crippen LogP contribution < -0.4 is 0 Å². The molecule has 2 heterocycles. The van der Waals surface area contributed by atoms with Crippen molar-refractivity contribution in [2.24, 2.45) is 0 Å². The minimum Gasteiger partial charge on any atom is -0.476 e. The minimum atomic E-state index is -1.13. The SMILES string of the molecule is O=C(O)c1nc(Cl)nc2cc[nH]c12. The van der Waals surface area contributed by atoms with Gasteiger partial charge in [0.05, 0.1) is 11.0 Å². The maximum Gasteiger partial charge on any atom is 0.356 e. The number of halogens is 1. The Morgan fingerprint density at radius 1 is 1.54 bits per heavy atom. The molecule has 66 valence electrons. The predicted octanol–water partition coefficient (Wildman–Crippen LogP) is 1.31. The third kappa shape index (κ3) is 1.23. The highest BCUT2D eigenvalue weighted by molar-refractivity contribution is 6.28. The summed E-state index contributed by atoms with van der Waals surface area (Å²) in [4.78, 5) is 20.9. The Bertz CT molecular complexity index is 480. The number of carboxylic acids is 1. The second-order valence-corrected chi connectivity index (χ2v) is 2.72. The van der Waals surface area contributed by atoms with E-state index in [1.807, 2.05) is 0 Å². The zero-order chi connectivity index (χ0) is 9.42. The van der Waals surface area contributed by atoms with Crippen molar-refractivity contribution in [1.82, 2.24) is 15.0 Å². The molecular formula is C7H4ClN3O2. The van der Waals surface area contributed by atoms with Crippen LogP contribution in [-0.4, -0.2) is 26.0 Å². The van der Waals surface area contributed by atoms with E-state index >= 15 is 0 Å². The summed E-state index contributed by atoms with van der Waals surface area (Å²) in [5.41, 5.74) is 0.773. The number of aromatic amines is 1. The quantitative estimate of drug-likeness (QED) is 0.676. The van der Waals surface area contributed by atoms with Gasteiger partial charge in [0.15, 0.2) is 5.69 Å². The molecule has 2 rings (SSSR count). The van der Waals surface area contributed by atoms with E-state index in [9.17, 15) is 4.79 Å². The molecule has 0 amide bonds. The number of fused-ring (bicyclic) bond motifs is 1. The van der Waals surface area contributed by atoms with E-state index in [0.29, 0.717) is 11.0 Å². The van der Waals surface area contributed by atoms with Crippen LogP contribution in [0.3, 0.4) is 0 Å². The average Bonchev–Trinajstić information content (AvgIpc) is 2.49.